The lowest BCUT2D eigenvalue weighted by atomic mass is 9.97. The Morgan fingerprint density at radius 1 is 1.09 bits per heavy atom. The molecule has 23 heavy (non-hydrogen) atoms. The van der Waals surface area contributed by atoms with Gasteiger partial charge in [-0.25, -0.2) is 4.79 Å². The molecular formula is C16H16O7. The second-order valence-corrected chi connectivity index (χ2v) is 4.79. The Balaban J connectivity index is 2.29. The van der Waals surface area contributed by atoms with Crippen LogP contribution in [0.15, 0.2) is 34.7 Å². The van der Waals surface area contributed by atoms with E-state index in [9.17, 15) is 14.7 Å². The molecule has 1 atom stereocenters. The summed E-state index contributed by atoms with van der Waals surface area (Å²) in [5, 5.41) is 18.3. The monoisotopic (exact) mass is 320 g/mol. The first-order valence-corrected chi connectivity index (χ1v) is 6.73. The smallest absolute Gasteiger partial charge is 0.371 e. The van der Waals surface area contributed by atoms with Crippen molar-refractivity contribution in [2.75, 3.05) is 14.2 Å². The Morgan fingerprint density at radius 2 is 1.78 bits per heavy atom. The maximum absolute atomic E-state index is 11.5. The SMILES string of the molecule is COc1ccc(CC(C(=O)O)c2ccc(C(=O)O)o2)cc1OC. The molecule has 1 aromatic carbocycles. The van der Waals surface area contributed by atoms with Crippen molar-refractivity contribution >= 4 is 11.9 Å². The number of hydrogen-bond donors (Lipinski definition) is 2. The molecule has 0 aliphatic carbocycles. The zero-order chi connectivity index (χ0) is 17.0. The molecule has 7 nitrogen and oxygen atoms in total. The molecule has 1 aromatic heterocycles. The molecule has 122 valence electrons. The van der Waals surface area contributed by atoms with Crippen molar-refractivity contribution in [2.24, 2.45) is 0 Å². The first-order chi connectivity index (χ1) is 11.0. The van der Waals surface area contributed by atoms with Gasteiger partial charge in [0.2, 0.25) is 5.76 Å². The summed E-state index contributed by atoms with van der Waals surface area (Å²) in [6.45, 7) is 0. The summed E-state index contributed by atoms with van der Waals surface area (Å²) in [4.78, 5) is 22.3. The zero-order valence-corrected chi connectivity index (χ0v) is 12.6. The predicted octanol–water partition coefficient (Wildman–Crippen LogP) is 2.41. The highest BCUT2D eigenvalue weighted by molar-refractivity contribution is 5.84. The first kappa shape index (κ1) is 16.4. The molecule has 0 spiro atoms. The molecule has 0 saturated heterocycles. The molecule has 1 heterocycles. The largest absolute Gasteiger partial charge is 0.493 e. The first-order valence-electron chi connectivity index (χ1n) is 6.73. The van der Waals surface area contributed by atoms with Gasteiger partial charge < -0.3 is 24.1 Å². The molecule has 2 aromatic rings. The maximum Gasteiger partial charge on any atom is 0.371 e. The van der Waals surface area contributed by atoms with Crippen LogP contribution in [0.2, 0.25) is 0 Å². The highest BCUT2D eigenvalue weighted by Gasteiger charge is 2.25. The second kappa shape index (κ2) is 6.87. The molecule has 0 saturated carbocycles. The van der Waals surface area contributed by atoms with Crippen LogP contribution in [0, 0.1) is 0 Å². The minimum Gasteiger partial charge on any atom is -0.493 e. The van der Waals surface area contributed by atoms with Gasteiger partial charge in [0.05, 0.1) is 14.2 Å². The third kappa shape index (κ3) is 3.63. The predicted molar refractivity (Wildman–Crippen MR) is 79.3 cm³/mol. The van der Waals surface area contributed by atoms with Crippen LogP contribution in [0.5, 0.6) is 11.5 Å². The van der Waals surface area contributed by atoms with Crippen molar-refractivity contribution in [3.05, 3.63) is 47.4 Å². The summed E-state index contributed by atoms with van der Waals surface area (Å²) >= 11 is 0. The minimum absolute atomic E-state index is 0.0877. The molecule has 0 radical (unpaired) electrons. The Labute approximate surface area is 132 Å². The number of rotatable bonds is 7. The number of ether oxygens (including phenoxy) is 2. The van der Waals surface area contributed by atoms with Crippen LogP contribution in [-0.2, 0) is 11.2 Å². The van der Waals surface area contributed by atoms with E-state index < -0.39 is 17.9 Å². The van der Waals surface area contributed by atoms with Gasteiger partial charge in [-0.2, -0.15) is 0 Å². The number of carbonyl (C=O) groups is 2. The summed E-state index contributed by atoms with van der Waals surface area (Å²) in [5.41, 5.74) is 0.698. The second-order valence-electron chi connectivity index (χ2n) is 4.79. The van der Waals surface area contributed by atoms with Gasteiger partial charge >= 0.3 is 11.9 Å². The number of benzene rings is 1. The van der Waals surface area contributed by atoms with Gasteiger partial charge in [-0.15, -0.1) is 0 Å². The van der Waals surface area contributed by atoms with E-state index in [0.717, 1.165) is 0 Å². The number of carboxylic acids is 2. The quantitative estimate of drug-likeness (QED) is 0.806. The van der Waals surface area contributed by atoms with Gasteiger partial charge in [0.15, 0.2) is 11.5 Å². The van der Waals surface area contributed by atoms with Gasteiger partial charge in [-0.3, -0.25) is 4.79 Å². The van der Waals surface area contributed by atoms with Crippen LogP contribution in [-0.4, -0.2) is 36.4 Å². The van der Waals surface area contributed by atoms with Gasteiger partial charge in [-0.1, -0.05) is 6.07 Å². The van der Waals surface area contributed by atoms with Crippen molar-refractivity contribution in [2.45, 2.75) is 12.3 Å². The van der Waals surface area contributed by atoms with Crippen LogP contribution in [0.3, 0.4) is 0 Å². The number of hydrogen-bond acceptors (Lipinski definition) is 5. The summed E-state index contributed by atoms with van der Waals surface area (Å²) < 4.78 is 15.4. The van der Waals surface area contributed by atoms with Crippen molar-refractivity contribution < 1.29 is 33.7 Å². The molecule has 0 amide bonds. The van der Waals surface area contributed by atoms with Crippen LogP contribution < -0.4 is 9.47 Å². The van der Waals surface area contributed by atoms with Crippen LogP contribution >= 0.6 is 0 Å². The van der Waals surface area contributed by atoms with E-state index in [1.165, 1.54) is 26.4 Å². The molecule has 0 aliphatic rings. The van der Waals surface area contributed by atoms with Crippen molar-refractivity contribution in [3.63, 3.8) is 0 Å². The van der Waals surface area contributed by atoms with Gasteiger partial charge in [0.1, 0.15) is 11.7 Å². The topological polar surface area (TPSA) is 106 Å². The Kier molecular flexibility index (Phi) is 4.90. The number of carboxylic acid groups (broad SMARTS) is 2. The lowest BCUT2D eigenvalue weighted by Crippen LogP contribution is -2.14. The van der Waals surface area contributed by atoms with Gasteiger partial charge in [-0.05, 0) is 36.2 Å². The van der Waals surface area contributed by atoms with Crippen LogP contribution in [0.4, 0.5) is 0 Å². The van der Waals surface area contributed by atoms with E-state index in [4.69, 9.17) is 19.0 Å². The average molecular weight is 320 g/mol. The highest BCUT2D eigenvalue weighted by atomic mass is 16.5. The third-order valence-electron chi connectivity index (χ3n) is 3.37. The fourth-order valence-electron chi connectivity index (χ4n) is 2.21. The van der Waals surface area contributed by atoms with Gasteiger partial charge in [0.25, 0.3) is 0 Å². The van der Waals surface area contributed by atoms with E-state index in [0.29, 0.717) is 17.1 Å². The Hall–Kier alpha value is -2.96. The van der Waals surface area contributed by atoms with Crippen molar-refractivity contribution in [1.29, 1.82) is 0 Å². The standard InChI is InChI=1S/C16H16O7/c1-21-12-4-3-9(8-14(12)22-2)7-10(15(17)18)11-5-6-13(23-11)16(19)20/h3-6,8,10H,7H2,1-2H3,(H,17,18)(H,19,20). The molecule has 0 bridgehead atoms. The zero-order valence-electron chi connectivity index (χ0n) is 12.6. The van der Waals surface area contributed by atoms with E-state index in [2.05, 4.69) is 0 Å². The van der Waals surface area contributed by atoms with Crippen molar-refractivity contribution in [1.82, 2.24) is 0 Å². The van der Waals surface area contributed by atoms with Crippen molar-refractivity contribution in [3.8, 4) is 11.5 Å². The van der Waals surface area contributed by atoms with E-state index in [1.807, 2.05) is 0 Å². The van der Waals surface area contributed by atoms with E-state index in [-0.39, 0.29) is 17.9 Å². The highest BCUT2D eigenvalue weighted by Crippen LogP contribution is 2.30. The van der Waals surface area contributed by atoms with Crippen LogP contribution in [0.1, 0.15) is 27.8 Å². The van der Waals surface area contributed by atoms with E-state index in [1.54, 1.807) is 18.2 Å². The summed E-state index contributed by atoms with van der Waals surface area (Å²) in [6.07, 6.45) is 0.127. The molecule has 2 rings (SSSR count). The molecule has 1 unspecified atom stereocenters. The fourth-order valence-corrected chi connectivity index (χ4v) is 2.21. The summed E-state index contributed by atoms with van der Waals surface area (Å²) in [7, 11) is 3.00. The Morgan fingerprint density at radius 3 is 2.30 bits per heavy atom. The van der Waals surface area contributed by atoms with Crippen LogP contribution in [0.25, 0.3) is 0 Å². The fraction of sp³-hybridized carbons (Fsp3) is 0.250. The number of aromatic carboxylic acids is 1. The maximum atomic E-state index is 11.5. The summed E-state index contributed by atoms with van der Waals surface area (Å²) in [6, 6.07) is 7.68. The third-order valence-corrected chi connectivity index (χ3v) is 3.37. The van der Waals surface area contributed by atoms with E-state index >= 15 is 0 Å². The number of aliphatic carboxylic acids is 1. The average Bonchev–Trinajstić information content (AvgIpc) is 3.01. The molecule has 0 fully saturated rings. The Bertz CT molecular complexity index is 717. The molecule has 2 N–H and O–H groups in total. The molecular weight excluding hydrogens is 304 g/mol. The lowest BCUT2D eigenvalue weighted by Gasteiger charge is -2.12. The molecule has 0 aliphatic heterocycles. The lowest BCUT2D eigenvalue weighted by molar-refractivity contribution is -0.139. The summed E-state index contributed by atoms with van der Waals surface area (Å²) in [5.74, 6) is -2.53. The van der Waals surface area contributed by atoms with Gasteiger partial charge in [0, 0.05) is 0 Å². The minimum atomic E-state index is -1.24. The molecule has 7 heteroatoms. The normalized spacial score (nSPS) is 11.7. The number of methoxy groups -OCH3 is 2. The number of furan rings is 1.